The van der Waals surface area contributed by atoms with Crippen LogP contribution in [0.5, 0.6) is 17.2 Å². The van der Waals surface area contributed by atoms with Crippen molar-refractivity contribution >= 4 is 17.8 Å². The Kier molecular flexibility index (Phi) is 4.92. The summed E-state index contributed by atoms with van der Waals surface area (Å²) in [5.74, 6) is 1.97. The van der Waals surface area contributed by atoms with E-state index in [1.807, 2.05) is 60.7 Å². The minimum atomic E-state index is -0.248. The van der Waals surface area contributed by atoms with Gasteiger partial charge in [-0.3, -0.25) is 4.79 Å². The smallest absolute Gasteiger partial charge is 0.271 e. The summed E-state index contributed by atoms with van der Waals surface area (Å²) in [5.41, 5.74) is 7.47. The van der Waals surface area contributed by atoms with Crippen LogP contribution in [0.1, 0.15) is 27.0 Å². The predicted octanol–water partition coefficient (Wildman–Crippen LogP) is 3.71. The zero-order chi connectivity index (χ0) is 21.2. The molecule has 31 heavy (non-hydrogen) atoms. The van der Waals surface area contributed by atoms with Crippen molar-refractivity contribution in [2.75, 3.05) is 18.8 Å². The molecule has 0 bridgehead atoms. The highest BCUT2D eigenvalue weighted by atomic mass is 16.7. The molecule has 0 saturated heterocycles. The molecular weight excluding hydrogens is 394 g/mol. The molecule has 5 rings (SSSR count). The Bertz CT molecular complexity index is 1160. The highest BCUT2D eigenvalue weighted by Crippen LogP contribution is 2.32. The number of carbonyl (C=O) groups excluding carboxylic acids is 1. The Balaban J connectivity index is 1.23. The van der Waals surface area contributed by atoms with Gasteiger partial charge in [-0.1, -0.05) is 6.07 Å². The number of hydrogen-bond donors (Lipinski definition) is 1. The molecule has 1 amide bonds. The minimum Gasteiger partial charge on any atom is -0.497 e. The van der Waals surface area contributed by atoms with Gasteiger partial charge in [0.05, 0.1) is 13.3 Å². The van der Waals surface area contributed by atoms with Crippen molar-refractivity contribution in [1.29, 1.82) is 0 Å². The first-order valence-electron chi connectivity index (χ1n) is 9.93. The molecule has 0 fully saturated rings. The fourth-order valence-corrected chi connectivity index (χ4v) is 3.73. The summed E-state index contributed by atoms with van der Waals surface area (Å²) in [5, 5.41) is 4.07. The second-order valence-corrected chi connectivity index (χ2v) is 7.35. The molecule has 2 heterocycles. The lowest BCUT2D eigenvalue weighted by Gasteiger charge is -2.17. The normalized spacial score (nSPS) is 14.0. The lowest BCUT2D eigenvalue weighted by atomic mass is 10.1. The molecule has 0 saturated carbocycles. The van der Waals surface area contributed by atoms with E-state index in [4.69, 9.17) is 14.2 Å². The Morgan fingerprint density at radius 1 is 1.00 bits per heavy atom. The largest absolute Gasteiger partial charge is 0.497 e. The van der Waals surface area contributed by atoms with Gasteiger partial charge in [-0.2, -0.15) is 5.10 Å². The van der Waals surface area contributed by atoms with Gasteiger partial charge in [-0.05, 0) is 71.3 Å². The maximum atomic E-state index is 12.5. The van der Waals surface area contributed by atoms with E-state index in [9.17, 15) is 4.79 Å². The van der Waals surface area contributed by atoms with Gasteiger partial charge in [0.2, 0.25) is 6.79 Å². The van der Waals surface area contributed by atoms with Crippen molar-refractivity contribution in [1.82, 2.24) is 5.43 Å². The number of hydrazone groups is 1. The number of nitrogens with zero attached hydrogens (tertiary/aromatic N) is 2. The number of carbonyl (C=O) groups is 1. The Morgan fingerprint density at radius 2 is 1.81 bits per heavy atom. The van der Waals surface area contributed by atoms with Crippen LogP contribution in [0.4, 0.5) is 5.69 Å². The summed E-state index contributed by atoms with van der Waals surface area (Å²) >= 11 is 0. The average Bonchev–Trinajstić information content (AvgIpc) is 3.45. The minimum absolute atomic E-state index is 0.223. The van der Waals surface area contributed by atoms with Gasteiger partial charge in [0.15, 0.2) is 11.5 Å². The van der Waals surface area contributed by atoms with Gasteiger partial charge in [-0.25, -0.2) is 5.43 Å². The molecule has 3 aromatic rings. The fraction of sp³-hybridized carbons (Fsp3) is 0.167. The quantitative estimate of drug-likeness (QED) is 0.508. The standard InChI is InChI=1S/C24H21N3O4/c1-29-21-7-5-20(6-8-21)27-13-18-4-3-17(11-19(18)14-27)24(28)26-25-12-16-2-9-22-23(10-16)31-15-30-22/h2-12H,13-15H2,1H3,(H,26,28)/b25-12-. The van der Waals surface area contributed by atoms with Crippen LogP contribution in [0.2, 0.25) is 0 Å². The lowest BCUT2D eigenvalue weighted by molar-refractivity contribution is 0.0955. The highest BCUT2D eigenvalue weighted by molar-refractivity contribution is 5.95. The van der Waals surface area contributed by atoms with Crippen molar-refractivity contribution in [2.24, 2.45) is 5.10 Å². The van der Waals surface area contributed by atoms with Gasteiger partial charge >= 0.3 is 0 Å². The number of amides is 1. The molecule has 0 aromatic heterocycles. The van der Waals surface area contributed by atoms with Crippen LogP contribution in [0, 0.1) is 0 Å². The average molecular weight is 415 g/mol. The van der Waals surface area contributed by atoms with E-state index in [0.29, 0.717) is 17.1 Å². The molecular formula is C24H21N3O4. The van der Waals surface area contributed by atoms with Crippen molar-refractivity contribution in [3.63, 3.8) is 0 Å². The lowest BCUT2D eigenvalue weighted by Crippen LogP contribution is -2.17. The maximum absolute atomic E-state index is 12.5. The zero-order valence-corrected chi connectivity index (χ0v) is 17.0. The predicted molar refractivity (Wildman–Crippen MR) is 117 cm³/mol. The van der Waals surface area contributed by atoms with Crippen LogP contribution in [-0.2, 0) is 13.1 Å². The first kappa shape index (κ1) is 19.0. The number of hydrogen-bond acceptors (Lipinski definition) is 6. The van der Waals surface area contributed by atoms with Crippen molar-refractivity contribution in [3.05, 3.63) is 82.9 Å². The van der Waals surface area contributed by atoms with E-state index in [1.165, 1.54) is 5.56 Å². The molecule has 1 N–H and O–H groups in total. The molecule has 0 spiro atoms. The van der Waals surface area contributed by atoms with Gasteiger partial charge in [0.1, 0.15) is 5.75 Å². The summed E-state index contributed by atoms with van der Waals surface area (Å²) in [6.45, 7) is 1.79. The Hall–Kier alpha value is -4.00. The highest BCUT2D eigenvalue weighted by Gasteiger charge is 2.21. The molecule has 7 nitrogen and oxygen atoms in total. The van der Waals surface area contributed by atoms with Crippen molar-refractivity contribution in [2.45, 2.75) is 13.1 Å². The summed E-state index contributed by atoms with van der Waals surface area (Å²) in [7, 11) is 1.66. The van der Waals surface area contributed by atoms with Gasteiger partial charge < -0.3 is 19.1 Å². The second kappa shape index (κ2) is 8.02. The van der Waals surface area contributed by atoms with Gasteiger partial charge in [-0.15, -0.1) is 0 Å². The third-order valence-corrected chi connectivity index (χ3v) is 5.40. The maximum Gasteiger partial charge on any atom is 0.271 e. The third kappa shape index (κ3) is 3.90. The summed E-state index contributed by atoms with van der Waals surface area (Å²) < 4.78 is 15.9. The van der Waals surface area contributed by atoms with E-state index < -0.39 is 0 Å². The monoisotopic (exact) mass is 415 g/mol. The molecule has 0 unspecified atom stereocenters. The van der Waals surface area contributed by atoms with Crippen LogP contribution < -0.4 is 24.5 Å². The number of fused-ring (bicyclic) bond motifs is 2. The third-order valence-electron chi connectivity index (χ3n) is 5.40. The summed E-state index contributed by atoms with van der Waals surface area (Å²) in [4.78, 5) is 14.8. The summed E-state index contributed by atoms with van der Waals surface area (Å²) in [6, 6.07) is 19.3. The number of rotatable bonds is 5. The topological polar surface area (TPSA) is 72.4 Å². The molecule has 2 aliphatic rings. The Labute approximate surface area is 179 Å². The van der Waals surface area contributed by atoms with Crippen LogP contribution in [0.3, 0.4) is 0 Å². The number of anilines is 1. The van der Waals surface area contributed by atoms with Crippen LogP contribution in [-0.4, -0.2) is 26.0 Å². The van der Waals surface area contributed by atoms with Crippen LogP contribution in [0.25, 0.3) is 0 Å². The molecule has 156 valence electrons. The molecule has 0 atom stereocenters. The fourth-order valence-electron chi connectivity index (χ4n) is 3.73. The Morgan fingerprint density at radius 3 is 2.65 bits per heavy atom. The van der Waals surface area contributed by atoms with E-state index in [2.05, 4.69) is 15.4 Å². The second-order valence-electron chi connectivity index (χ2n) is 7.35. The van der Waals surface area contributed by atoms with E-state index in [0.717, 1.165) is 35.7 Å². The SMILES string of the molecule is COc1ccc(N2Cc3ccc(C(=O)N/N=C\c4ccc5c(c4)OCO5)cc3C2)cc1. The number of ether oxygens (including phenoxy) is 3. The number of benzene rings is 3. The molecule has 7 heteroatoms. The van der Waals surface area contributed by atoms with E-state index >= 15 is 0 Å². The van der Waals surface area contributed by atoms with Gasteiger partial charge in [0.25, 0.3) is 5.91 Å². The van der Waals surface area contributed by atoms with Crippen molar-refractivity contribution < 1.29 is 19.0 Å². The molecule has 2 aliphatic heterocycles. The van der Waals surface area contributed by atoms with E-state index in [1.54, 1.807) is 13.3 Å². The first-order chi connectivity index (χ1) is 15.2. The zero-order valence-electron chi connectivity index (χ0n) is 17.0. The summed E-state index contributed by atoms with van der Waals surface area (Å²) in [6.07, 6.45) is 1.58. The molecule has 0 aliphatic carbocycles. The van der Waals surface area contributed by atoms with E-state index in [-0.39, 0.29) is 12.7 Å². The molecule has 0 radical (unpaired) electrons. The van der Waals surface area contributed by atoms with Crippen LogP contribution >= 0.6 is 0 Å². The number of methoxy groups -OCH3 is 1. The first-order valence-corrected chi connectivity index (χ1v) is 9.93. The van der Waals surface area contributed by atoms with Gasteiger partial charge in [0, 0.05) is 24.3 Å². The number of nitrogens with one attached hydrogen (secondary N) is 1. The van der Waals surface area contributed by atoms with Crippen molar-refractivity contribution in [3.8, 4) is 17.2 Å². The molecule has 3 aromatic carbocycles. The van der Waals surface area contributed by atoms with Crippen LogP contribution in [0.15, 0.2) is 65.8 Å².